The number of rotatable bonds is 5. The first-order chi connectivity index (χ1) is 11.6. The second-order valence-electron chi connectivity index (χ2n) is 5.21. The van der Waals surface area contributed by atoms with Gasteiger partial charge in [0.25, 0.3) is 0 Å². The van der Waals surface area contributed by atoms with Gasteiger partial charge < -0.3 is 10.5 Å². The molecule has 0 aliphatic heterocycles. The zero-order valence-corrected chi connectivity index (χ0v) is 15.0. The molecule has 0 spiro atoms. The smallest absolute Gasteiger partial charge is 0.343 e. The van der Waals surface area contributed by atoms with Gasteiger partial charge in [-0.2, -0.15) is 0 Å². The lowest BCUT2D eigenvalue weighted by molar-refractivity contribution is 0.0733. The first-order valence-corrected chi connectivity index (χ1v) is 8.79. The van der Waals surface area contributed by atoms with E-state index in [1.54, 1.807) is 0 Å². The van der Waals surface area contributed by atoms with E-state index in [2.05, 4.69) is 0 Å². The highest BCUT2D eigenvalue weighted by atomic mass is 35.5. The summed E-state index contributed by atoms with van der Waals surface area (Å²) in [6.45, 7) is 0. The topological polar surface area (TPSA) is 107 Å². The fourth-order valence-corrected chi connectivity index (χ4v) is 3.30. The Morgan fingerprint density at radius 1 is 1.08 bits per heavy atom. The van der Waals surface area contributed by atoms with E-state index in [-0.39, 0.29) is 26.8 Å². The van der Waals surface area contributed by atoms with E-state index in [4.69, 9.17) is 22.1 Å². The molecule has 0 saturated carbocycles. The van der Waals surface area contributed by atoms with E-state index in [0.29, 0.717) is 0 Å². The Kier molecular flexibility index (Phi) is 5.46. The number of ether oxygens (including phenoxy) is 1. The molecule has 0 bridgehead atoms. The number of nitrogens with zero attached hydrogens (tertiary/aromatic N) is 1. The maximum absolute atomic E-state index is 12.3. The summed E-state index contributed by atoms with van der Waals surface area (Å²) in [6, 6.07) is 9.55. The third kappa shape index (κ3) is 4.16. The Labute approximate surface area is 150 Å². The molecule has 2 aromatic carbocycles. The van der Waals surface area contributed by atoms with Crippen molar-refractivity contribution in [1.82, 2.24) is 4.31 Å². The quantitative estimate of drug-likeness (QED) is 0.627. The number of carbonyl (C=O) groups is 2. The van der Waals surface area contributed by atoms with Gasteiger partial charge >= 0.3 is 5.97 Å². The van der Waals surface area contributed by atoms with E-state index in [0.717, 1.165) is 10.4 Å². The molecule has 7 nitrogen and oxygen atoms in total. The number of hydrogen-bond donors (Lipinski definition) is 1. The van der Waals surface area contributed by atoms with Crippen molar-refractivity contribution in [3.8, 4) is 5.75 Å². The van der Waals surface area contributed by atoms with Crippen molar-refractivity contribution in [2.45, 2.75) is 4.90 Å². The average Bonchev–Trinajstić information content (AvgIpc) is 2.55. The molecule has 0 atom stereocenters. The molecule has 2 rings (SSSR count). The van der Waals surface area contributed by atoms with Crippen LogP contribution in [-0.4, -0.2) is 38.7 Å². The summed E-state index contributed by atoms with van der Waals surface area (Å²) < 4.78 is 30.6. The lowest BCUT2D eigenvalue weighted by atomic mass is 10.2. The predicted octanol–water partition coefficient (Wildman–Crippen LogP) is 1.91. The third-order valence-electron chi connectivity index (χ3n) is 3.25. The summed E-state index contributed by atoms with van der Waals surface area (Å²) in [5, 5.41) is -0.0130. The number of nitrogens with two attached hydrogens (primary N) is 1. The van der Waals surface area contributed by atoms with Crippen molar-refractivity contribution >= 4 is 33.5 Å². The molecular formula is C16H15ClN2O5S. The van der Waals surface area contributed by atoms with E-state index in [9.17, 15) is 18.0 Å². The van der Waals surface area contributed by atoms with Crippen molar-refractivity contribution < 1.29 is 22.7 Å². The third-order valence-corrected chi connectivity index (χ3v) is 5.55. The highest BCUT2D eigenvalue weighted by Gasteiger charge is 2.23. The maximum Gasteiger partial charge on any atom is 0.343 e. The van der Waals surface area contributed by atoms with Crippen molar-refractivity contribution in [2.24, 2.45) is 5.73 Å². The number of sulfonamides is 1. The number of hydrogen-bond acceptors (Lipinski definition) is 5. The molecule has 2 N–H and O–H groups in total. The van der Waals surface area contributed by atoms with Crippen LogP contribution < -0.4 is 10.5 Å². The summed E-state index contributed by atoms with van der Waals surface area (Å²) in [4.78, 5) is 23.2. The number of esters is 1. The highest BCUT2D eigenvalue weighted by Crippen LogP contribution is 2.25. The lowest BCUT2D eigenvalue weighted by Crippen LogP contribution is -2.23. The maximum atomic E-state index is 12.3. The predicted molar refractivity (Wildman–Crippen MR) is 92.2 cm³/mol. The number of benzene rings is 2. The monoisotopic (exact) mass is 382 g/mol. The molecular weight excluding hydrogens is 368 g/mol. The SMILES string of the molecule is CN(C)S(=O)(=O)c1cc(C(=O)Oc2cccc(C(N)=O)c2)ccc1Cl. The Morgan fingerprint density at radius 3 is 2.36 bits per heavy atom. The summed E-state index contributed by atoms with van der Waals surface area (Å²) >= 11 is 5.94. The molecule has 0 heterocycles. The molecule has 0 saturated heterocycles. The zero-order valence-electron chi connectivity index (χ0n) is 13.4. The number of amides is 1. The van der Waals surface area contributed by atoms with Crippen LogP contribution in [0.2, 0.25) is 5.02 Å². The van der Waals surface area contributed by atoms with Gasteiger partial charge in [-0.05, 0) is 36.4 Å². The molecule has 9 heteroatoms. The van der Waals surface area contributed by atoms with E-state index < -0.39 is 21.9 Å². The standard InChI is InChI=1S/C16H15ClN2O5S/c1-19(2)25(22,23)14-9-11(6-7-13(14)17)16(21)24-12-5-3-4-10(8-12)15(18)20/h3-9H,1-2H3,(H2,18,20). The van der Waals surface area contributed by atoms with E-state index >= 15 is 0 Å². The van der Waals surface area contributed by atoms with E-state index in [1.807, 2.05) is 0 Å². The summed E-state index contributed by atoms with van der Waals surface area (Å²) in [7, 11) is -1.12. The highest BCUT2D eigenvalue weighted by molar-refractivity contribution is 7.89. The summed E-state index contributed by atoms with van der Waals surface area (Å²) in [6.07, 6.45) is 0. The molecule has 0 fully saturated rings. The van der Waals surface area contributed by atoms with E-state index in [1.165, 1.54) is 50.5 Å². The van der Waals surface area contributed by atoms with Gasteiger partial charge in [-0.3, -0.25) is 4.79 Å². The minimum atomic E-state index is -3.82. The number of carbonyl (C=O) groups excluding carboxylic acids is 2. The second kappa shape index (κ2) is 7.22. The Morgan fingerprint density at radius 2 is 1.76 bits per heavy atom. The lowest BCUT2D eigenvalue weighted by Gasteiger charge is -2.13. The number of halogens is 1. The van der Waals surface area contributed by atoms with Gasteiger partial charge in [0.05, 0.1) is 10.6 Å². The van der Waals surface area contributed by atoms with Crippen molar-refractivity contribution in [1.29, 1.82) is 0 Å². The minimum absolute atomic E-state index is 0.00527. The minimum Gasteiger partial charge on any atom is -0.423 e. The molecule has 25 heavy (non-hydrogen) atoms. The van der Waals surface area contributed by atoms with Gasteiger partial charge in [0.2, 0.25) is 15.9 Å². The van der Waals surface area contributed by atoms with Gasteiger partial charge in [0.15, 0.2) is 0 Å². The number of primary amides is 1. The van der Waals surface area contributed by atoms with Crippen LogP contribution >= 0.6 is 11.6 Å². The van der Waals surface area contributed by atoms with Crippen molar-refractivity contribution in [3.05, 3.63) is 58.6 Å². The normalized spacial score (nSPS) is 11.4. The van der Waals surface area contributed by atoms with Crippen LogP contribution in [0.3, 0.4) is 0 Å². The van der Waals surface area contributed by atoms with Gasteiger partial charge in [-0.1, -0.05) is 17.7 Å². The van der Waals surface area contributed by atoms with Crippen LogP contribution in [0.1, 0.15) is 20.7 Å². The molecule has 0 radical (unpaired) electrons. The summed E-state index contributed by atoms with van der Waals surface area (Å²) in [5.74, 6) is -1.36. The molecule has 1 amide bonds. The second-order valence-corrected chi connectivity index (χ2v) is 7.74. The fraction of sp³-hybridized carbons (Fsp3) is 0.125. The Hall–Kier alpha value is -2.42. The fourth-order valence-electron chi connectivity index (χ4n) is 1.90. The summed E-state index contributed by atoms with van der Waals surface area (Å²) in [5.41, 5.74) is 5.34. The van der Waals surface area contributed by atoms with Crippen LogP contribution in [0, 0.1) is 0 Å². The molecule has 2 aromatic rings. The molecule has 0 aliphatic carbocycles. The molecule has 0 aliphatic rings. The van der Waals surface area contributed by atoms with Gasteiger partial charge in [0.1, 0.15) is 10.6 Å². The van der Waals surface area contributed by atoms with Gasteiger partial charge in [-0.15, -0.1) is 0 Å². The van der Waals surface area contributed by atoms with Crippen LogP contribution in [0.5, 0.6) is 5.75 Å². The Bertz CT molecular complexity index is 941. The van der Waals surface area contributed by atoms with Crippen molar-refractivity contribution in [3.63, 3.8) is 0 Å². The molecule has 0 aromatic heterocycles. The van der Waals surface area contributed by atoms with Crippen LogP contribution in [0.25, 0.3) is 0 Å². The zero-order chi connectivity index (χ0) is 18.8. The molecule has 132 valence electrons. The van der Waals surface area contributed by atoms with Crippen LogP contribution in [0.15, 0.2) is 47.4 Å². The van der Waals surface area contributed by atoms with Gasteiger partial charge in [-0.25, -0.2) is 17.5 Å². The Balaban J connectivity index is 2.35. The first-order valence-electron chi connectivity index (χ1n) is 6.97. The van der Waals surface area contributed by atoms with Gasteiger partial charge in [0, 0.05) is 19.7 Å². The average molecular weight is 383 g/mol. The van der Waals surface area contributed by atoms with Crippen LogP contribution in [-0.2, 0) is 10.0 Å². The molecule has 0 unspecified atom stereocenters. The largest absolute Gasteiger partial charge is 0.423 e. The first kappa shape index (κ1) is 18.9. The van der Waals surface area contributed by atoms with Crippen LogP contribution in [0.4, 0.5) is 0 Å². The van der Waals surface area contributed by atoms with Crippen molar-refractivity contribution in [2.75, 3.05) is 14.1 Å².